The first kappa shape index (κ1) is 22.8. The van der Waals surface area contributed by atoms with Crippen molar-refractivity contribution in [2.45, 2.75) is 58.0 Å². The maximum absolute atomic E-state index is 12.6. The van der Waals surface area contributed by atoms with Gasteiger partial charge in [0.25, 0.3) is 0 Å². The molecular formula is C18H33N3O4S. The fourth-order valence-electron chi connectivity index (χ4n) is 2.57. The summed E-state index contributed by atoms with van der Waals surface area (Å²) in [5.74, 6) is -0.128. The van der Waals surface area contributed by atoms with E-state index in [2.05, 4.69) is 25.0 Å². The molecule has 150 valence electrons. The quantitative estimate of drug-likeness (QED) is 0.146. The molecule has 1 heterocycles. The molecule has 1 rings (SSSR count). The Morgan fingerprint density at radius 1 is 1.54 bits per heavy atom. The minimum Gasteiger partial charge on any atom is -0.502 e. The Kier molecular flexibility index (Phi) is 11.4. The molecule has 3 atom stereocenters. The second-order valence-corrected chi connectivity index (χ2v) is 6.97. The number of esters is 1. The minimum absolute atomic E-state index is 0.0661. The van der Waals surface area contributed by atoms with Crippen molar-refractivity contribution in [2.24, 2.45) is 11.7 Å². The highest BCUT2D eigenvalue weighted by atomic mass is 32.1. The molecule has 0 aromatic rings. The summed E-state index contributed by atoms with van der Waals surface area (Å²) < 4.78 is 10.5. The van der Waals surface area contributed by atoms with Crippen LogP contribution in [-0.4, -0.2) is 54.5 Å². The van der Waals surface area contributed by atoms with E-state index >= 15 is 0 Å². The molecule has 0 aromatic heterocycles. The Hall–Kier alpha value is -1.25. The van der Waals surface area contributed by atoms with E-state index in [9.17, 15) is 9.59 Å². The van der Waals surface area contributed by atoms with E-state index < -0.39 is 6.04 Å². The highest BCUT2D eigenvalue weighted by Crippen LogP contribution is 2.20. The van der Waals surface area contributed by atoms with Crippen molar-refractivity contribution in [2.75, 3.05) is 25.5 Å². The number of hydrazine groups is 1. The van der Waals surface area contributed by atoms with Crippen LogP contribution in [0.3, 0.4) is 0 Å². The standard InChI is InChI=1S/C18H33N3O4S/c1-3-4-6-9-24-10-7-5-8-16(22)21(20-11-15(19)13-26)17-14(2)12-25-18(17)23/h7,10,14-15,17,20,26H,3-6,8-9,11-13,19H2,1-2H3/t14-,15?,17-/m1/s1. The lowest BCUT2D eigenvalue weighted by Gasteiger charge is -2.30. The molecule has 1 aliphatic rings. The summed E-state index contributed by atoms with van der Waals surface area (Å²) in [6, 6.07) is -0.832. The first-order valence-corrected chi connectivity index (χ1v) is 9.99. The van der Waals surface area contributed by atoms with Crippen LogP contribution in [0.4, 0.5) is 0 Å². The molecule has 0 radical (unpaired) electrons. The number of rotatable bonds is 13. The normalized spacial score (nSPS) is 21.0. The molecule has 1 unspecified atom stereocenters. The van der Waals surface area contributed by atoms with Gasteiger partial charge in [-0.15, -0.1) is 0 Å². The molecule has 0 saturated carbocycles. The summed E-state index contributed by atoms with van der Waals surface area (Å²) >= 11 is 4.14. The molecule has 0 spiro atoms. The molecule has 0 aliphatic carbocycles. The number of allylic oxidation sites excluding steroid dienone is 1. The van der Waals surface area contributed by atoms with E-state index in [1.165, 1.54) is 5.01 Å². The van der Waals surface area contributed by atoms with Crippen LogP contribution in [0.1, 0.15) is 46.0 Å². The highest BCUT2D eigenvalue weighted by molar-refractivity contribution is 7.80. The van der Waals surface area contributed by atoms with Crippen LogP contribution in [0.5, 0.6) is 0 Å². The molecule has 0 aromatic carbocycles. The Labute approximate surface area is 162 Å². The van der Waals surface area contributed by atoms with Crippen LogP contribution in [-0.2, 0) is 19.1 Å². The Morgan fingerprint density at radius 3 is 2.92 bits per heavy atom. The summed E-state index contributed by atoms with van der Waals surface area (Å²) in [6.45, 7) is 5.41. The van der Waals surface area contributed by atoms with Crippen molar-refractivity contribution in [3.8, 4) is 0 Å². The number of ether oxygens (including phenoxy) is 2. The molecular weight excluding hydrogens is 354 g/mol. The lowest BCUT2D eigenvalue weighted by molar-refractivity contribution is -0.151. The average Bonchev–Trinajstić information content (AvgIpc) is 2.96. The maximum Gasteiger partial charge on any atom is 0.330 e. The van der Waals surface area contributed by atoms with Crippen molar-refractivity contribution in [1.82, 2.24) is 10.4 Å². The van der Waals surface area contributed by atoms with Crippen LogP contribution in [0, 0.1) is 5.92 Å². The molecule has 1 amide bonds. The number of carbonyl (C=O) groups excluding carboxylic acids is 2. The minimum atomic E-state index is -0.621. The molecule has 1 aliphatic heterocycles. The number of hydrogen-bond acceptors (Lipinski definition) is 7. The highest BCUT2D eigenvalue weighted by Gasteiger charge is 2.40. The maximum atomic E-state index is 12.6. The second kappa shape index (κ2) is 13.0. The largest absolute Gasteiger partial charge is 0.502 e. The van der Waals surface area contributed by atoms with Gasteiger partial charge in [0.05, 0.1) is 19.5 Å². The van der Waals surface area contributed by atoms with Gasteiger partial charge in [-0.05, 0) is 18.9 Å². The van der Waals surface area contributed by atoms with E-state index in [1.807, 2.05) is 13.0 Å². The SMILES string of the molecule is CCCCCOC=CCCC(=O)N(NCC(N)CS)[C@H]1C(=O)OC[C@H]1C. The third-order valence-electron chi connectivity index (χ3n) is 4.16. The van der Waals surface area contributed by atoms with Crippen LogP contribution in [0.2, 0.25) is 0 Å². The van der Waals surface area contributed by atoms with E-state index in [0.717, 1.165) is 19.3 Å². The number of nitrogens with two attached hydrogens (primary N) is 1. The molecule has 1 saturated heterocycles. The molecule has 26 heavy (non-hydrogen) atoms. The monoisotopic (exact) mass is 387 g/mol. The van der Waals surface area contributed by atoms with Crippen molar-refractivity contribution >= 4 is 24.5 Å². The van der Waals surface area contributed by atoms with E-state index in [1.54, 1.807) is 6.26 Å². The molecule has 7 nitrogen and oxygen atoms in total. The van der Waals surface area contributed by atoms with Crippen molar-refractivity contribution in [3.05, 3.63) is 12.3 Å². The molecule has 3 N–H and O–H groups in total. The predicted molar refractivity (Wildman–Crippen MR) is 104 cm³/mol. The van der Waals surface area contributed by atoms with Crippen molar-refractivity contribution in [3.63, 3.8) is 0 Å². The third kappa shape index (κ3) is 7.97. The average molecular weight is 388 g/mol. The fraction of sp³-hybridized carbons (Fsp3) is 0.778. The molecule has 0 bridgehead atoms. The number of amides is 1. The lowest BCUT2D eigenvalue weighted by atomic mass is 10.0. The van der Waals surface area contributed by atoms with Gasteiger partial charge in [0, 0.05) is 30.7 Å². The van der Waals surface area contributed by atoms with Crippen LogP contribution in [0.25, 0.3) is 0 Å². The Morgan fingerprint density at radius 2 is 2.31 bits per heavy atom. The molecule has 8 heteroatoms. The first-order chi connectivity index (χ1) is 12.5. The van der Waals surface area contributed by atoms with Gasteiger partial charge in [0.1, 0.15) is 0 Å². The summed E-state index contributed by atoms with van der Waals surface area (Å²) in [7, 11) is 0. The fourth-order valence-corrected chi connectivity index (χ4v) is 2.70. The third-order valence-corrected chi connectivity index (χ3v) is 4.63. The number of carbonyl (C=O) groups is 2. The van der Waals surface area contributed by atoms with Gasteiger partial charge in [-0.3, -0.25) is 9.80 Å². The lowest BCUT2D eigenvalue weighted by Crippen LogP contribution is -2.56. The zero-order chi connectivity index (χ0) is 19.4. The summed E-state index contributed by atoms with van der Waals surface area (Å²) in [4.78, 5) is 24.6. The second-order valence-electron chi connectivity index (χ2n) is 6.61. The van der Waals surface area contributed by atoms with Gasteiger partial charge in [-0.25, -0.2) is 10.2 Å². The Balaban J connectivity index is 2.50. The van der Waals surface area contributed by atoms with Gasteiger partial charge in [-0.2, -0.15) is 12.6 Å². The topological polar surface area (TPSA) is 93.9 Å². The van der Waals surface area contributed by atoms with Crippen LogP contribution >= 0.6 is 12.6 Å². The summed E-state index contributed by atoms with van der Waals surface area (Å²) in [5, 5.41) is 1.39. The summed E-state index contributed by atoms with van der Waals surface area (Å²) in [6.07, 6.45) is 7.63. The number of nitrogens with zero attached hydrogens (tertiary/aromatic N) is 1. The van der Waals surface area contributed by atoms with Gasteiger partial charge in [-0.1, -0.05) is 26.7 Å². The van der Waals surface area contributed by atoms with Gasteiger partial charge in [0.2, 0.25) is 5.91 Å². The summed E-state index contributed by atoms with van der Waals surface area (Å²) in [5.41, 5.74) is 8.86. The number of nitrogens with one attached hydrogen (secondary N) is 1. The number of hydrogen-bond donors (Lipinski definition) is 3. The predicted octanol–water partition coefficient (Wildman–Crippen LogP) is 1.64. The van der Waals surface area contributed by atoms with Crippen molar-refractivity contribution < 1.29 is 19.1 Å². The Bertz CT molecular complexity index is 462. The van der Waals surface area contributed by atoms with Gasteiger partial charge in [0.15, 0.2) is 6.04 Å². The number of unbranched alkanes of at least 4 members (excludes halogenated alkanes) is 2. The van der Waals surface area contributed by atoms with E-state index in [0.29, 0.717) is 31.9 Å². The van der Waals surface area contributed by atoms with E-state index in [-0.39, 0.29) is 30.3 Å². The van der Waals surface area contributed by atoms with E-state index in [4.69, 9.17) is 15.2 Å². The number of thiol groups is 1. The van der Waals surface area contributed by atoms with Crippen LogP contribution < -0.4 is 11.2 Å². The molecule has 1 fully saturated rings. The van der Waals surface area contributed by atoms with Crippen molar-refractivity contribution in [1.29, 1.82) is 0 Å². The first-order valence-electron chi connectivity index (χ1n) is 9.36. The van der Waals surface area contributed by atoms with Gasteiger partial charge < -0.3 is 15.2 Å². The zero-order valence-electron chi connectivity index (χ0n) is 15.9. The smallest absolute Gasteiger partial charge is 0.330 e. The number of cyclic esters (lactones) is 1. The van der Waals surface area contributed by atoms with Crippen LogP contribution in [0.15, 0.2) is 12.3 Å². The van der Waals surface area contributed by atoms with Gasteiger partial charge >= 0.3 is 5.97 Å². The zero-order valence-corrected chi connectivity index (χ0v) is 16.7.